The summed E-state index contributed by atoms with van der Waals surface area (Å²) in [7, 11) is 0. The summed E-state index contributed by atoms with van der Waals surface area (Å²) in [6.45, 7) is 0.924. The van der Waals surface area contributed by atoms with Gasteiger partial charge in [0.2, 0.25) is 5.91 Å². The van der Waals surface area contributed by atoms with Crippen molar-refractivity contribution in [1.82, 2.24) is 9.88 Å². The number of amides is 1. The Morgan fingerprint density at radius 3 is 2.76 bits per heavy atom. The van der Waals surface area contributed by atoms with E-state index in [1.807, 2.05) is 29.2 Å². The van der Waals surface area contributed by atoms with E-state index in [9.17, 15) is 9.59 Å². The summed E-state index contributed by atoms with van der Waals surface area (Å²) in [5, 5.41) is 8.62. The number of esters is 1. The summed E-state index contributed by atoms with van der Waals surface area (Å²) in [6, 6.07) is 11.2. The van der Waals surface area contributed by atoms with Crippen LogP contribution in [0.3, 0.4) is 0 Å². The first-order valence-corrected chi connectivity index (χ1v) is 9.66. The van der Waals surface area contributed by atoms with E-state index in [2.05, 4.69) is 4.98 Å². The highest BCUT2D eigenvalue weighted by Gasteiger charge is 2.57. The molecule has 1 aliphatic carbocycles. The Bertz CT molecular complexity index is 1040. The van der Waals surface area contributed by atoms with Crippen molar-refractivity contribution in [2.45, 2.75) is 30.3 Å². The van der Waals surface area contributed by atoms with Crippen LogP contribution in [0.2, 0.25) is 0 Å². The number of pyridine rings is 1. The number of fused-ring (bicyclic) bond motifs is 2. The van der Waals surface area contributed by atoms with Crippen LogP contribution < -0.4 is 4.74 Å². The SMILES string of the molecule is N#CCOc1ccc(C2(C(=O)N3CC[C@@]4(C3)OC(=O)c3cnccc34)CC2)cc1. The van der Waals surface area contributed by atoms with Crippen LogP contribution in [-0.2, 0) is 20.5 Å². The summed E-state index contributed by atoms with van der Waals surface area (Å²) < 4.78 is 11.0. The number of nitrogens with zero attached hydrogens (tertiary/aromatic N) is 3. The molecule has 0 radical (unpaired) electrons. The first-order chi connectivity index (χ1) is 14.1. The molecule has 2 fully saturated rings. The first kappa shape index (κ1) is 17.7. The van der Waals surface area contributed by atoms with Crippen LogP contribution in [-0.4, -0.2) is 41.5 Å². The molecule has 0 bridgehead atoms. The molecule has 1 aromatic heterocycles. The van der Waals surface area contributed by atoms with Gasteiger partial charge in [-0.1, -0.05) is 12.1 Å². The predicted molar refractivity (Wildman–Crippen MR) is 101 cm³/mol. The Kier molecular flexibility index (Phi) is 3.85. The highest BCUT2D eigenvalue weighted by Crippen LogP contribution is 2.52. The molecule has 5 rings (SSSR count). The van der Waals surface area contributed by atoms with Gasteiger partial charge in [-0.3, -0.25) is 9.78 Å². The topological polar surface area (TPSA) is 92.5 Å². The number of aromatic nitrogens is 1. The third-order valence-corrected chi connectivity index (χ3v) is 6.21. The fraction of sp³-hybridized carbons (Fsp3) is 0.364. The fourth-order valence-corrected chi connectivity index (χ4v) is 4.54. The number of hydrogen-bond acceptors (Lipinski definition) is 6. The fourth-order valence-electron chi connectivity index (χ4n) is 4.54. The maximum Gasteiger partial charge on any atom is 0.341 e. The van der Waals surface area contributed by atoms with Crippen molar-refractivity contribution >= 4 is 11.9 Å². The minimum absolute atomic E-state index is 0.00497. The summed E-state index contributed by atoms with van der Waals surface area (Å²) in [4.78, 5) is 31.5. The Balaban J connectivity index is 1.36. The summed E-state index contributed by atoms with van der Waals surface area (Å²) in [5.41, 5.74) is 1.02. The lowest BCUT2D eigenvalue weighted by molar-refractivity contribution is -0.134. The molecule has 7 heteroatoms. The molecule has 2 aliphatic heterocycles. The highest BCUT2D eigenvalue weighted by atomic mass is 16.6. The van der Waals surface area contributed by atoms with Crippen molar-refractivity contribution in [3.05, 3.63) is 59.4 Å². The lowest BCUT2D eigenvalue weighted by atomic mass is 9.92. The molecule has 3 aliphatic rings. The van der Waals surface area contributed by atoms with E-state index in [1.54, 1.807) is 18.3 Å². The van der Waals surface area contributed by atoms with Gasteiger partial charge in [0.1, 0.15) is 11.8 Å². The Labute approximate surface area is 167 Å². The molecular weight excluding hydrogens is 370 g/mol. The van der Waals surface area contributed by atoms with Gasteiger partial charge in [-0.05, 0) is 36.6 Å². The lowest BCUT2D eigenvalue weighted by Crippen LogP contribution is -2.40. The first-order valence-electron chi connectivity index (χ1n) is 9.66. The summed E-state index contributed by atoms with van der Waals surface area (Å²) >= 11 is 0. The molecule has 2 aromatic rings. The maximum absolute atomic E-state index is 13.4. The van der Waals surface area contributed by atoms with E-state index in [0.29, 0.717) is 30.8 Å². The van der Waals surface area contributed by atoms with Crippen LogP contribution in [0.5, 0.6) is 5.75 Å². The molecule has 0 N–H and O–H groups in total. The molecule has 1 spiro atoms. The zero-order valence-electron chi connectivity index (χ0n) is 15.8. The van der Waals surface area contributed by atoms with Crippen LogP contribution in [0.1, 0.15) is 40.7 Å². The average molecular weight is 389 g/mol. The third-order valence-electron chi connectivity index (χ3n) is 6.21. The van der Waals surface area contributed by atoms with E-state index in [4.69, 9.17) is 14.7 Å². The number of hydrogen-bond donors (Lipinski definition) is 0. The Hall–Kier alpha value is -3.40. The molecule has 146 valence electrons. The van der Waals surface area contributed by atoms with E-state index >= 15 is 0 Å². The number of ether oxygens (including phenoxy) is 2. The largest absolute Gasteiger partial charge is 0.479 e. The van der Waals surface area contributed by atoms with Crippen LogP contribution in [0.4, 0.5) is 0 Å². The molecule has 29 heavy (non-hydrogen) atoms. The monoisotopic (exact) mass is 389 g/mol. The van der Waals surface area contributed by atoms with Gasteiger partial charge in [-0.2, -0.15) is 5.26 Å². The standard InChI is InChI=1S/C22H19N3O4/c23-9-12-28-16-3-1-15(2-4-16)21(6-7-21)20(27)25-11-8-22(14-25)18-5-10-24-13-17(18)19(26)29-22/h1-5,10,13H,6-8,11-12,14H2/t22-/m0/s1. The van der Waals surface area contributed by atoms with Gasteiger partial charge in [0.15, 0.2) is 12.2 Å². The number of rotatable bonds is 4. The second kappa shape index (κ2) is 6.31. The van der Waals surface area contributed by atoms with Gasteiger partial charge in [-0.25, -0.2) is 4.79 Å². The van der Waals surface area contributed by atoms with Gasteiger partial charge in [-0.15, -0.1) is 0 Å². The second-order valence-electron chi connectivity index (χ2n) is 7.84. The minimum Gasteiger partial charge on any atom is -0.479 e. The smallest absolute Gasteiger partial charge is 0.341 e. The molecule has 7 nitrogen and oxygen atoms in total. The van der Waals surface area contributed by atoms with Crippen molar-refractivity contribution in [3.8, 4) is 11.8 Å². The second-order valence-corrected chi connectivity index (χ2v) is 7.84. The van der Waals surface area contributed by atoms with Crippen molar-refractivity contribution in [2.75, 3.05) is 19.7 Å². The summed E-state index contributed by atoms with van der Waals surface area (Å²) in [6.07, 6.45) is 5.39. The molecule has 1 atom stereocenters. The van der Waals surface area contributed by atoms with Gasteiger partial charge in [0.05, 0.1) is 17.5 Å². The lowest BCUT2D eigenvalue weighted by Gasteiger charge is -2.27. The minimum atomic E-state index is -0.754. The van der Waals surface area contributed by atoms with Crippen molar-refractivity contribution in [2.24, 2.45) is 0 Å². The number of benzene rings is 1. The van der Waals surface area contributed by atoms with E-state index in [1.165, 1.54) is 6.20 Å². The molecular formula is C22H19N3O4. The maximum atomic E-state index is 13.4. The van der Waals surface area contributed by atoms with E-state index in [0.717, 1.165) is 24.0 Å². The number of carbonyl (C=O) groups is 2. The van der Waals surface area contributed by atoms with Gasteiger partial charge in [0, 0.05) is 30.9 Å². The van der Waals surface area contributed by atoms with Crippen LogP contribution in [0.15, 0.2) is 42.7 Å². The highest BCUT2D eigenvalue weighted by molar-refractivity contribution is 5.95. The van der Waals surface area contributed by atoms with Crippen molar-refractivity contribution < 1.29 is 19.1 Å². The van der Waals surface area contributed by atoms with Gasteiger partial charge < -0.3 is 14.4 Å². The van der Waals surface area contributed by atoms with Gasteiger partial charge >= 0.3 is 5.97 Å². The number of carbonyl (C=O) groups excluding carboxylic acids is 2. The van der Waals surface area contributed by atoms with Crippen LogP contribution >= 0.6 is 0 Å². The average Bonchev–Trinajstić information content (AvgIpc) is 3.38. The van der Waals surface area contributed by atoms with Crippen molar-refractivity contribution in [3.63, 3.8) is 0 Å². The molecule has 0 unspecified atom stereocenters. The van der Waals surface area contributed by atoms with Gasteiger partial charge in [0.25, 0.3) is 0 Å². The van der Waals surface area contributed by atoms with Crippen LogP contribution in [0, 0.1) is 11.3 Å². The quantitative estimate of drug-likeness (QED) is 0.745. The zero-order valence-corrected chi connectivity index (χ0v) is 15.8. The van der Waals surface area contributed by atoms with E-state index < -0.39 is 11.0 Å². The predicted octanol–water partition coefficient (Wildman–Crippen LogP) is 2.31. The molecule has 1 amide bonds. The van der Waals surface area contributed by atoms with Crippen molar-refractivity contribution in [1.29, 1.82) is 5.26 Å². The Morgan fingerprint density at radius 2 is 2.03 bits per heavy atom. The van der Waals surface area contributed by atoms with E-state index in [-0.39, 0.29) is 18.5 Å². The normalized spacial score (nSPS) is 23.4. The number of likely N-dealkylation sites (tertiary alicyclic amines) is 1. The van der Waals surface area contributed by atoms with Crippen LogP contribution in [0.25, 0.3) is 0 Å². The molecule has 1 saturated carbocycles. The Morgan fingerprint density at radius 1 is 1.24 bits per heavy atom. The molecule has 1 saturated heterocycles. The number of nitriles is 1. The molecule has 1 aromatic carbocycles. The zero-order chi connectivity index (χ0) is 20.1. The third kappa shape index (κ3) is 2.67. The molecule has 3 heterocycles. The summed E-state index contributed by atoms with van der Waals surface area (Å²) in [5.74, 6) is 0.330.